The quantitative estimate of drug-likeness (QED) is 0.690. The molecule has 3 heteroatoms. The average Bonchev–Trinajstić information content (AvgIpc) is 2.51. The van der Waals surface area contributed by atoms with Crippen LogP contribution in [0.3, 0.4) is 0 Å². The minimum Gasteiger partial charge on any atom is -0.507 e. The van der Waals surface area contributed by atoms with Gasteiger partial charge in [-0.2, -0.15) is 0 Å². The molecule has 0 amide bonds. The predicted molar refractivity (Wildman–Crippen MR) is 88.5 cm³/mol. The van der Waals surface area contributed by atoms with Gasteiger partial charge in [0.05, 0.1) is 12.8 Å². The molecule has 0 heterocycles. The van der Waals surface area contributed by atoms with Crippen molar-refractivity contribution in [2.24, 2.45) is 0 Å². The first-order valence-corrected chi connectivity index (χ1v) is 7.21. The molecule has 0 aliphatic heterocycles. The van der Waals surface area contributed by atoms with E-state index in [9.17, 15) is 5.11 Å². The molecule has 0 unspecified atom stereocenters. The Bertz CT molecular complexity index is 796. The van der Waals surface area contributed by atoms with Gasteiger partial charge in [0.25, 0.3) is 0 Å². The highest BCUT2D eigenvalue weighted by molar-refractivity contribution is 6.06. The lowest BCUT2D eigenvalue weighted by Gasteiger charge is -2.15. The number of methoxy groups -OCH3 is 1. The second-order valence-corrected chi connectivity index (χ2v) is 5.15. The topological polar surface area (TPSA) is 41.5 Å². The summed E-state index contributed by atoms with van der Waals surface area (Å²) in [7, 11) is 1.66. The molecule has 0 saturated heterocycles. The van der Waals surface area contributed by atoms with Crippen LogP contribution < -0.4 is 10.1 Å². The number of phenols is 1. The van der Waals surface area contributed by atoms with Gasteiger partial charge >= 0.3 is 0 Å². The lowest BCUT2D eigenvalue weighted by Crippen LogP contribution is -2.02. The summed E-state index contributed by atoms with van der Waals surface area (Å²) in [6.07, 6.45) is 1.01. The second-order valence-electron chi connectivity index (χ2n) is 5.15. The third-order valence-corrected chi connectivity index (χ3v) is 3.70. The van der Waals surface area contributed by atoms with Crippen LogP contribution in [0, 0.1) is 0 Å². The first kappa shape index (κ1) is 13.6. The Balaban J connectivity index is 2.31. The zero-order valence-corrected chi connectivity index (χ0v) is 12.3. The van der Waals surface area contributed by atoms with E-state index in [4.69, 9.17) is 4.74 Å². The zero-order chi connectivity index (χ0) is 14.8. The van der Waals surface area contributed by atoms with Crippen molar-refractivity contribution in [3.05, 3.63) is 42.5 Å². The van der Waals surface area contributed by atoms with Crippen molar-refractivity contribution in [1.82, 2.24) is 0 Å². The van der Waals surface area contributed by atoms with Crippen molar-refractivity contribution in [2.45, 2.75) is 13.3 Å². The van der Waals surface area contributed by atoms with Crippen molar-refractivity contribution in [3.8, 4) is 11.5 Å². The fourth-order valence-corrected chi connectivity index (χ4v) is 2.68. The third-order valence-electron chi connectivity index (χ3n) is 3.70. The molecule has 108 valence electrons. The molecule has 3 rings (SSSR count). The molecule has 0 aliphatic rings. The van der Waals surface area contributed by atoms with Crippen LogP contribution in [0.25, 0.3) is 21.5 Å². The molecule has 2 N–H and O–H groups in total. The SMILES string of the molecule is CCCNc1cc(O)c2cc3ccccc3cc2c1OC. The van der Waals surface area contributed by atoms with Crippen molar-refractivity contribution in [3.63, 3.8) is 0 Å². The second kappa shape index (κ2) is 5.52. The van der Waals surface area contributed by atoms with E-state index in [2.05, 4.69) is 24.4 Å². The lowest BCUT2D eigenvalue weighted by atomic mass is 10.0. The third kappa shape index (κ3) is 2.35. The van der Waals surface area contributed by atoms with Crippen LogP contribution in [0.1, 0.15) is 13.3 Å². The molecule has 0 spiro atoms. The number of rotatable bonds is 4. The maximum absolute atomic E-state index is 10.3. The fraction of sp³-hybridized carbons (Fsp3) is 0.222. The Labute approximate surface area is 124 Å². The molecule has 0 saturated carbocycles. The number of fused-ring (bicyclic) bond motifs is 2. The molecule has 21 heavy (non-hydrogen) atoms. The number of benzene rings is 3. The molecule has 3 aromatic rings. The van der Waals surface area contributed by atoms with Gasteiger partial charge in [0.1, 0.15) is 11.5 Å². The number of ether oxygens (including phenoxy) is 1. The molecule has 0 atom stereocenters. The Morgan fingerprint density at radius 1 is 1.05 bits per heavy atom. The van der Waals surface area contributed by atoms with Gasteiger partial charge in [0, 0.05) is 23.4 Å². The lowest BCUT2D eigenvalue weighted by molar-refractivity contribution is 0.420. The van der Waals surface area contributed by atoms with Gasteiger partial charge < -0.3 is 15.2 Å². The van der Waals surface area contributed by atoms with E-state index in [1.54, 1.807) is 13.2 Å². The maximum atomic E-state index is 10.3. The van der Waals surface area contributed by atoms with E-state index in [-0.39, 0.29) is 5.75 Å². The molecule has 3 nitrogen and oxygen atoms in total. The van der Waals surface area contributed by atoms with Crippen molar-refractivity contribution in [2.75, 3.05) is 19.0 Å². The summed E-state index contributed by atoms with van der Waals surface area (Å²) in [6.45, 7) is 2.95. The van der Waals surface area contributed by atoms with E-state index in [1.165, 1.54) is 0 Å². The van der Waals surface area contributed by atoms with Crippen LogP contribution in [0.5, 0.6) is 11.5 Å². The summed E-state index contributed by atoms with van der Waals surface area (Å²) in [5.41, 5.74) is 0.833. The van der Waals surface area contributed by atoms with Crippen LogP contribution in [0.4, 0.5) is 5.69 Å². The van der Waals surface area contributed by atoms with Gasteiger partial charge in [-0.05, 0) is 29.3 Å². The van der Waals surface area contributed by atoms with Gasteiger partial charge in [-0.15, -0.1) is 0 Å². The fourth-order valence-electron chi connectivity index (χ4n) is 2.68. The van der Waals surface area contributed by atoms with Gasteiger partial charge in [-0.25, -0.2) is 0 Å². The molecule has 0 aromatic heterocycles. The molecule has 0 aliphatic carbocycles. The standard InChI is InChI=1S/C18H19NO2/c1-3-8-19-16-11-17(20)14-9-12-6-4-5-7-13(12)10-15(14)18(16)21-2/h4-7,9-11,19-20H,3,8H2,1-2H3. The van der Waals surface area contributed by atoms with E-state index >= 15 is 0 Å². The maximum Gasteiger partial charge on any atom is 0.150 e. The number of phenolic OH excluding ortho intramolecular Hbond substituents is 1. The summed E-state index contributed by atoms with van der Waals surface area (Å²) < 4.78 is 5.59. The van der Waals surface area contributed by atoms with Crippen molar-refractivity contribution in [1.29, 1.82) is 0 Å². The van der Waals surface area contributed by atoms with E-state index in [0.29, 0.717) is 0 Å². The van der Waals surface area contributed by atoms with Gasteiger partial charge in [0.15, 0.2) is 0 Å². The summed E-state index contributed by atoms with van der Waals surface area (Å²) in [5.74, 6) is 1.05. The minimum absolute atomic E-state index is 0.273. The Morgan fingerprint density at radius 3 is 2.33 bits per heavy atom. The normalized spacial score (nSPS) is 11.0. The molecule has 0 fully saturated rings. The van der Waals surface area contributed by atoms with Crippen LogP contribution in [-0.4, -0.2) is 18.8 Å². The van der Waals surface area contributed by atoms with Crippen LogP contribution in [-0.2, 0) is 0 Å². The number of anilines is 1. The Kier molecular flexibility index (Phi) is 3.57. The number of nitrogens with one attached hydrogen (secondary N) is 1. The first-order chi connectivity index (χ1) is 10.2. The molecule has 3 aromatic carbocycles. The van der Waals surface area contributed by atoms with E-state index in [0.717, 1.165) is 45.9 Å². The van der Waals surface area contributed by atoms with E-state index in [1.807, 2.05) is 24.3 Å². The van der Waals surface area contributed by atoms with Crippen LogP contribution in [0.2, 0.25) is 0 Å². The molecular formula is C18H19NO2. The van der Waals surface area contributed by atoms with Gasteiger partial charge in [0.2, 0.25) is 0 Å². The summed E-state index contributed by atoms with van der Waals surface area (Å²) in [4.78, 5) is 0. The minimum atomic E-state index is 0.273. The zero-order valence-electron chi connectivity index (χ0n) is 12.3. The van der Waals surface area contributed by atoms with Crippen LogP contribution in [0.15, 0.2) is 42.5 Å². The Morgan fingerprint density at radius 2 is 1.71 bits per heavy atom. The van der Waals surface area contributed by atoms with Gasteiger partial charge in [-0.3, -0.25) is 0 Å². The molecule has 0 radical (unpaired) electrons. The number of aromatic hydroxyl groups is 1. The highest BCUT2D eigenvalue weighted by Gasteiger charge is 2.13. The van der Waals surface area contributed by atoms with Crippen molar-refractivity contribution < 1.29 is 9.84 Å². The molecular weight excluding hydrogens is 262 g/mol. The first-order valence-electron chi connectivity index (χ1n) is 7.21. The van der Waals surface area contributed by atoms with Gasteiger partial charge in [-0.1, -0.05) is 31.2 Å². The monoisotopic (exact) mass is 281 g/mol. The molecule has 0 bridgehead atoms. The number of hydrogen-bond donors (Lipinski definition) is 2. The largest absolute Gasteiger partial charge is 0.507 e. The summed E-state index contributed by atoms with van der Waals surface area (Å²) >= 11 is 0. The summed E-state index contributed by atoms with van der Waals surface area (Å²) in [5, 5.41) is 17.6. The van der Waals surface area contributed by atoms with Crippen molar-refractivity contribution >= 4 is 27.2 Å². The van der Waals surface area contributed by atoms with Crippen LogP contribution >= 0.6 is 0 Å². The Hall–Kier alpha value is -2.42. The smallest absolute Gasteiger partial charge is 0.150 e. The highest BCUT2D eigenvalue weighted by Crippen LogP contribution is 2.41. The highest BCUT2D eigenvalue weighted by atomic mass is 16.5. The summed E-state index contributed by atoms with van der Waals surface area (Å²) in [6, 6.07) is 13.9. The predicted octanol–water partition coefficient (Wildman–Crippen LogP) is 4.53. The number of hydrogen-bond acceptors (Lipinski definition) is 3. The average molecular weight is 281 g/mol. The van der Waals surface area contributed by atoms with E-state index < -0.39 is 0 Å².